The Morgan fingerprint density at radius 2 is 2.50 bits per heavy atom. The number of nitrogen functional groups attached to an aromatic ring is 1. The van der Waals surface area contributed by atoms with Crippen molar-refractivity contribution in [1.82, 2.24) is 9.88 Å². The van der Waals surface area contributed by atoms with Gasteiger partial charge in [-0.1, -0.05) is 6.92 Å². The number of likely N-dealkylation sites (tertiary alicyclic amines) is 1. The number of rotatable bonds is 2. The van der Waals surface area contributed by atoms with Gasteiger partial charge in [-0.05, 0) is 31.4 Å². The Morgan fingerprint density at radius 3 is 3.19 bits per heavy atom. The van der Waals surface area contributed by atoms with Crippen LogP contribution >= 0.6 is 0 Å². The van der Waals surface area contributed by atoms with Crippen molar-refractivity contribution < 1.29 is 4.79 Å². The molecule has 1 aromatic rings. The molecule has 1 atom stereocenters. The SMILES string of the molecule is CCC1CCCN1C(=O)c1cccnc1N. The van der Waals surface area contributed by atoms with Gasteiger partial charge in [0.25, 0.3) is 5.91 Å². The summed E-state index contributed by atoms with van der Waals surface area (Å²) in [6.45, 7) is 2.95. The lowest BCUT2D eigenvalue weighted by Crippen LogP contribution is -2.35. The average molecular weight is 219 g/mol. The molecule has 0 aliphatic carbocycles. The third-order valence-corrected chi connectivity index (χ3v) is 3.18. The second-order valence-corrected chi connectivity index (χ2v) is 4.14. The highest BCUT2D eigenvalue weighted by Crippen LogP contribution is 2.23. The van der Waals surface area contributed by atoms with Gasteiger partial charge in [-0.25, -0.2) is 4.98 Å². The van der Waals surface area contributed by atoms with E-state index in [0.29, 0.717) is 17.4 Å². The fraction of sp³-hybridized carbons (Fsp3) is 0.500. The Kier molecular flexibility index (Phi) is 3.08. The molecule has 1 aliphatic heterocycles. The van der Waals surface area contributed by atoms with Crippen molar-refractivity contribution >= 4 is 11.7 Å². The third-order valence-electron chi connectivity index (χ3n) is 3.18. The summed E-state index contributed by atoms with van der Waals surface area (Å²) in [7, 11) is 0. The smallest absolute Gasteiger partial charge is 0.257 e. The molecule has 0 aromatic carbocycles. The Hall–Kier alpha value is -1.58. The predicted molar refractivity (Wildman–Crippen MR) is 63.0 cm³/mol. The summed E-state index contributed by atoms with van der Waals surface area (Å²) in [6.07, 6.45) is 4.80. The molecule has 1 aromatic heterocycles. The fourth-order valence-corrected chi connectivity index (χ4v) is 2.28. The first-order valence-electron chi connectivity index (χ1n) is 5.75. The van der Waals surface area contributed by atoms with E-state index in [9.17, 15) is 4.79 Å². The lowest BCUT2D eigenvalue weighted by atomic mass is 10.1. The topological polar surface area (TPSA) is 59.2 Å². The Labute approximate surface area is 95.5 Å². The highest BCUT2D eigenvalue weighted by molar-refractivity contribution is 5.98. The predicted octanol–water partition coefficient (Wildman–Crippen LogP) is 1.68. The average Bonchev–Trinajstić information content (AvgIpc) is 2.77. The second-order valence-electron chi connectivity index (χ2n) is 4.14. The number of carbonyl (C=O) groups is 1. The van der Waals surface area contributed by atoms with Gasteiger partial charge in [0, 0.05) is 18.8 Å². The summed E-state index contributed by atoms with van der Waals surface area (Å²) in [5, 5.41) is 0. The van der Waals surface area contributed by atoms with Crippen molar-refractivity contribution in [3.63, 3.8) is 0 Å². The maximum Gasteiger partial charge on any atom is 0.257 e. The van der Waals surface area contributed by atoms with Crippen molar-refractivity contribution in [3.05, 3.63) is 23.9 Å². The molecule has 1 aliphatic rings. The molecule has 4 heteroatoms. The van der Waals surface area contributed by atoms with Crippen LogP contribution in [0.2, 0.25) is 0 Å². The molecule has 1 fully saturated rings. The van der Waals surface area contributed by atoms with Crippen LogP contribution in [-0.4, -0.2) is 28.4 Å². The van der Waals surface area contributed by atoms with Crippen molar-refractivity contribution in [3.8, 4) is 0 Å². The van der Waals surface area contributed by atoms with Crippen LogP contribution in [0.15, 0.2) is 18.3 Å². The largest absolute Gasteiger partial charge is 0.383 e. The first-order chi connectivity index (χ1) is 7.74. The fourth-order valence-electron chi connectivity index (χ4n) is 2.28. The van der Waals surface area contributed by atoms with E-state index in [4.69, 9.17) is 5.73 Å². The van der Waals surface area contributed by atoms with Crippen LogP contribution in [0.25, 0.3) is 0 Å². The summed E-state index contributed by atoms with van der Waals surface area (Å²) in [6, 6.07) is 3.86. The summed E-state index contributed by atoms with van der Waals surface area (Å²) >= 11 is 0. The minimum absolute atomic E-state index is 0.0231. The highest BCUT2D eigenvalue weighted by Gasteiger charge is 2.28. The summed E-state index contributed by atoms with van der Waals surface area (Å²) in [5.41, 5.74) is 6.25. The van der Waals surface area contributed by atoms with Crippen molar-refractivity contribution in [2.75, 3.05) is 12.3 Å². The number of nitrogens with two attached hydrogens (primary N) is 1. The van der Waals surface area contributed by atoms with Crippen LogP contribution in [0.1, 0.15) is 36.5 Å². The van der Waals surface area contributed by atoms with Crippen LogP contribution in [0, 0.1) is 0 Å². The molecule has 16 heavy (non-hydrogen) atoms. The Morgan fingerprint density at radius 1 is 1.69 bits per heavy atom. The van der Waals surface area contributed by atoms with Gasteiger partial charge >= 0.3 is 0 Å². The van der Waals surface area contributed by atoms with E-state index in [1.165, 1.54) is 0 Å². The molecule has 1 amide bonds. The zero-order chi connectivity index (χ0) is 11.5. The minimum Gasteiger partial charge on any atom is -0.383 e. The van der Waals surface area contributed by atoms with Gasteiger partial charge < -0.3 is 10.6 Å². The first kappa shape index (κ1) is 10.9. The standard InChI is InChI=1S/C12H17N3O/c1-2-9-5-4-8-15(9)12(16)10-6-3-7-14-11(10)13/h3,6-7,9H,2,4-5,8H2,1H3,(H2,13,14). The molecule has 1 unspecified atom stereocenters. The molecule has 1 saturated heterocycles. The molecule has 0 spiro atoms. The molecule has 0 radical (unpaired) electrons. The number of anilines is 1. The van der Waals surface area contributed by atoms with E-state index >= 15 is 0 Å². The number of nitrogens with zero attached hydrogens (tertiary/aromatic N) is 2. The van der Waals surface area contributed by atoms with Crippen LogP contribution in [-0.2, 0) is 0 Å². The van der Waals surface area contributed by atoms with Crippen LogP contribution in [0.5, 0.6) is 0 Å². The zero-order valence-electron chi connectivity index (χ0n) is 9.52. The van der Waals surface area contributed by atoms with Gasteiger partial charge in [-0.2, -0.15) is 0 Å². The van der Waals surface area contributed by atoms with Gasteiger partial charge in [0.05, 0.1) is 5.56 Å². The second kappa shape index (κ2) is 4.51. The van der Waals surface area contributed by atoms with Crippen molar-refractivity contribution in [2.45, 2.75) is 32.2 Å². The van der Waals surface area contributed by atoms with Gasteiger partial charge in [0.2, 0.25) is 0 Å². The molecule has 2 N–H and O–H groups in total. The van der Waals surface area contributed by atoms with Gasteiger partial charge in [-0.15, -0.1) is 0 Å². The van der Waals surface area contributed by atoms with Crippen molar-refractivity contribution in [2.24, 2.45) is 0 Å². The number of carbonyl (C=O) groups excluding carboxylic acids is 1. The van der Waals surface area contributed by atoms with Crippen LogP contribution in [0.3, 0.4) is 0 Å². The quantitative estimate of drug-likeness (QED) is 0.823. The summed E-state index contributed by atoms with van der Waals surface area (Å²) in [5.74, 6) is 0.351. The molecular weight excluding hydrogens is 202 g/mol. The summed E-state index contributed by atoms with van der Waals surface area (Å²) in [4.78, 5) is 18.1. The van der Waals surface area contributed by atoms with E-state index < -0.39 is 0 Å². The lowest BCUT2D eigenvalue weighted by molar-refractivity contribution is 0.0734. The number of aromatic nitrogens is 1. The van der Waals surface area contributed by atoms with E-state index in [2.05, 4.69) is 11.9 Å². The lowest BCUT2D eigenvalue weighted by Gasteiger charge is -2.23. The zero-order valence-corrected chi connectivity index (χ0v) is 9.52. The first-order valence-corrected chi connectivity index (χ1v) is 5.75. The van der Waals surface area contributed by atoms with E-state index in [1.807, 2.05) is 4.90 Å². The third kappa shape index (κ3) is 1.87. The Balaban J connectivity index is 2.22. The van der Waals surface area contributed by atoms with Gasteiger partial charge in [0.1, 0.15) is 5.82 Å². The number of amides is 1. The minimum atomic E-state index is 0.0231. The maximum absolute atomic E-state index is 12.2. The van der Waals surface area contributed by atoms with Crippen LogP contribution in [0.4, 0.5) is 5.82 Å². The monoisotopic (exact) mass is 219 g/mol. The molecule has 2 heterocycles. The molecule has 0 bridgehead atoms. The van der Waals surface area contributed by atoms with Gasteiger partial charge in [-0.3, -0.25) is 4.79 Å². The molecule has 2 rings (SSSR count). The highest BCUT2D eigenvalue weighted by atomic mass is 16.2. The number of hydrogen-bond donors (Lipinski definition) is 1. The molecule has 0 saturated carbocycles. The molecule has 4 nitrogen and oxygen atoms in total. The summed E-state index contributed by atoms with van der Waals surface area (Å²) < 4.78 is 0. The number of hydrogen-bond acceptors (Lipinski definition) is 3. The van der Waals surface area contributed by atoms with E-state index in [-0.39, 0.29) is 5.91 Å². The van der Waals surface area contributed by atoms with Gasteiger partial charge in [0.15, 0.2) is 0 Å². The maximum atomic E-state index is 12.2. The van der Waals surface area contributed by atoms with Crippen molar-refractivity contribution in [1.29, 1.82) is 0 Å². The number of pyridine rings is 1. The molecular formula is C12H17N3O. The molecule has 86 valence electrons. The van der Waals surface area contributed by atoms with Crippen LogP contribution < -0.4 is 5.73 Å². The van der Waals surface area contributed by atoms with E-state index in [1.54, 1.807) is 18.3 Å². The Bertz CT molecular complexity index is 392. The normalized spacial score (nSPS) is 20.1. The van der Waals surface area contributed by atoms with E-state index in [0.717, 1.165) is 25.8 Å².